The van der Waals surface area contributed by atoms with Crippen molar-refractivity contribution >= 4 is 11.8 Å². The lowest BCUT2D eigenvalue weighted by Gasteiger charge is -2.02. The Kier molecular flexibility index (Phi) is 4.68. The van der Waals surface area contributed by atoms with Crippen molar-refractivity contribution in [2.24, 2.45) is 0 Å². The van der Waals surface area contributed by atoms with Gasteiger partial charge in [-0.1, -0.05) is 23.9 Å². The van der Waals surface area contributed by atoms with E-state index in [9.17, 15) is 8.78 Å². The Bertz CT molecular complexity index is 1070. The maximum atomic E-state index is 13.8. The van der Waals surface area contributed by atoms with E-state index in [4.69, 9.17) is 8.83 Å². The average Bonchev–Trinajstić information content (AvgIpc) is 3.33. The van der Waals surface area contributed by atoms with Crippen LogP contribution in [0.15, 0.2) is 62.6 Å². The second-order valence-electron chi connectivity index (χ2n) is 5.57. The first-order chi connectivity index (χ1) is 13.1. The molecule has 27 heavy (non-hydrogen) atoms. The highest BCUT2D eigenvalue weighted by Gasteiger charge is 2.20. The maximum Gasteiger partial charge on any atom is 0.277 e. The van der Waals surface area contributed by atoms with Gasteiger partial charge < -0.3 is 8.83 Å². The van der Waals surface area contributed by atoms with Crippen molar-refractivity contribution in [1.82, 2.24) is 20.4 Å². The molecule has 2 aromatic carbocycles. The topological polar surface area (TPSA) is 77.8 Å². The Morgan fingerprint density at radius 3 is 2.37 bits per heavy atom. The fraction of sp³-hybridized carbons (Fsp3) is 0.111. The molecule has 136 valence electrons. The summed E-state index contributed by atoms with van der Waals surface area (Å²) in [6, 6.07) is 11.9. The highest BCUT2D eigenvalue weighted by atomic mass is 32.2. The van der Waals surface area contributed by atoms with Crippen LogP contribution in [0.5, 0.6) is 0 Å². The molecule has 4 aromatic rings. The molecular formula is C18H12F2N4O2S. The van der Waals surface area contributed by atoms with E-state index >= 15 is 0 Å². The Hall–Kier alpha value is -3.07. The van der Waals surface area contributed by atoms with Crippen molar-refractivity contribution in [3.63, 3.8) is 0 Å². The zero-order valence-corrected chi connectivity index (χ0v) is 14.8. The van der Waals surface area contributed by atoms with Crippen molar-refractivity contribution in [3.8, 4) is 22.9 Å². The van der Waals surface area contributed by atoms with Crippen LogP contribution in [0.3, 0.4) is 0 Å². The summed E-state index contributed by atoms with van der Waals surface area (Å²) in [5.41, 5.74) is 0.855. The quantitative estimate of drug-likeness (QED) is 0.451. The van der Waals surface area contributed by atoms with Crippen molar-refractivity contribution < 1.29 is 17.6 Å². The lowest BCUT2D eigenvalue weighted by Crippen LogP contribution is -1.88. The van der Waals surface area contributed by atoms with Crippen LogP contribution in [-0.2, 0) is 0 Å². The summed E-state index contributed by atoms with van der Waals surface area (Å²) in [6.45, 7) is 1.83. The fourth-order valence-electron chi connectivity index (χ4n) is 2.31. The molecule has 0 bridgehead atoms. The van der Waals surface area contributed by atoms with Crippen LogP contribution in [-0.4, -0.2) is 20.4 Å². The number of aromatic nitrogens is 4. The molecule has 0 aliphatic rings. The molecule has 6 nitrogen and oxygen atoms in total. The highest BCUT2D eigenvalue weighted by molar-refractivity contribution is 7.99. The summed E-state index contributed by atoms with van der Waals surface area (Å²) in [5, 5.41) is 15.8. The van der Waals surface area contributed by atoms with E-state index in [0.717, 1.165) is 0 Å². The zero-order valence-electron chi connectivity index (χ0n) is 14.0. The van der Waals surface area contributed by atoms with E-state index in [2.05, 4.69) is 20.4 Å². The predicted octanol–water partition coefficient (Wildman–Crippen LogP) is 4.92. The van der Waals surface area contributed by atoms with Gasteiger partial charge in [-0.05, 0) is 43.3 Å². The number of thioether (sulfide) groups is 1. The molecule has 0 radical (unpaired) electrons. The second kappa shape index (κ2) is 7.28. The molecule has 0 saturated carbocycles. The average molecular weight is 386 g/mol. The zero-order chi connectivity index (χ0) is 18.8. The SMILES string of the molecule is C[C@H](Sc1nnc(-c2ccccc2F)o1)c1nnc(-c2ccc(F)cc2)o1. The minimum atomic E-state index is -0.438. The third-order valence-corrected chi connectivity index (χ3v) is 4.59. The van der Waals surface area contributed by atoms with E-state index in [-0.39, 0.29) is 33.6 Å². The van der Waals surface area contributed by atoms with Gasteiger partial charge in [-0.3, -0.25) is 0 Å². The molecule has 0 aliphatic carbocycles. The normalized spacial score (nSPS) is 12.3. The number of hydrogen-bond donors (Lipinski definition) is 0. The van der Waals surface area contributed by atoms with Gasteiger partial charge in [-0.2, -0.15) is 0 Å². The molecule has 0 aliphatic heterocycles. The number of nitrogens with zero attached hydrogens (tertiary/aromatic N) is 4. The van der Waals surface area contributed by atoms with Gasteiger partial charge in [0, 0.05) is 5.56 Å². The van der Waals surface area contributed by atoms with Gasteiger partial charge in [0.1, 0.15) is 11.6 Å². The third kappa shape index (κ3) is 3.72. The number of halogens is 2. The van der Waals surface area contributed by atoms with Crippen LogP contribution in [0, 0.1) is 11.6 Å². The standard InChI is InChI=1S/C18H12F2N4O2S/c1-10(15-21-22-16(25-15)11-6-8-12(19)9-7-11)27-18-24-23-17(26-18)13-4-2-3-5-14(13)20/h2-10H,1H3/t10-/m0/s1. The van der Waals surface area contributed by atoms with Crippen LogP contribution < -0.4 is 0 Å². The van der Waals surface area contributed by atoms with E-state index in [1.807, 2.05) is 6.92 Å². The lowest BCUT2D eigenvalue weighted by atomic mass is 10.2. The minimum absolute atomic E-state index is 0.0975. The molecule has 0 unspecified atom stereocenters. The van der Waals surface area contributed by atoms with Crippen LogP contribution in [0.2, 0.25) is 0 Å². The van der Waals surface area contributed by atoms with Crippen molar-refractivity contribution in [3.05, 3.63) is 66.1 Å². The van der Waals surface area contributed by atoms with Crippen LogP contribution in [0.25, 0.3) is 22.9 Å². The van der Waals surface area contributed by atoms with Gasteiger partial charge in [0.05, 0.1) is 10.8 Å². The van der Waals surface area contributed by atoms with Gasteiger partial charge in [-0.25, -0.2) is 8.78 Å². The van der Waals surface area contributed by atoms with E-state index in [1.165, 1.54) is 30.0 Å². The van der Waals surface area contributed by atoms with E-state index in [0.29, 0.717) is 11.5 Å². The predicted molar refractivity (Wildman–Crippen MR) is 93.7 cm³/mol. The Morgan fingerprint density at radius 1 is 0.852 bits per heavy atom. The first kappa shape index (κ1) is 17.3. The monoisotopic (exact) mass is 386 g/mol. The molecule has 2 aromatic heterocycles. The number of benzene rings is 2. The van der Waals surface area contributed by atoms with Crippen molar-refractivity contribution in [1.29, 1.82) is 0 Å². The molecule has 4 rings (SSSR count). The van der Waals surface area contributed by atoms with Crippen molar-refractivity contribution in [2.45, 2.75) is 17.4 Å². The van der Waals surface area contributed by atoms with E-state index < -0.39 is 5.82 Å². The molecule has 0 spiro atoms. The lowest BCUT2D eigenvalue weighted by molar-refractivity contribution is 0.458. The molecule has 0 N–H and O–H groups in total. The molecule has 0 amide bonds. The molecule has 0 fully saturated rings. The number of rotatable bonds is 5. The van der Waals surface area contributed by atoms with Crippen LogP contribution in [0.1, 0.15) is 18.1 Å². The first-order valence-electron chi connectivity index (χ1n) is 7.94. The Morgan fingerprint density at radius 2 is 1.59 bits per heavy atom. The molecule has 1 atom stereocenters. The van der Waals surface area contributed by atoms with Gasteiger partial charge in [0.15, 0.2) is 0 Å². The third-order valence-electron chi connectivity index (χ3n) is 3.67. The van der Waals surface area contributed by atoms with Gasteiger partial charge in [0.25, 0.3) is 11.1 Å². The minimum Gasteiger partial charge on any atom is -0.419 e. The second-order valence-corrected chi connectivity index (χ2v) is 6.86. The van der Waals surface area contributed by atoms with Crippen molar-refractivity contribution in [2.75, 3.05) is 0 Å². The van der Waals surface area contributed by atoms with Gasteiger partial charge >= 0.3 is 0 Å². The molecule has 2 heterocycles. The Balaban J connectivity index is 1.49. The van der Waals surface area contributed by atoms with Crippen LogP contribution in [0.4, 0.5) is 8.78 Å². The summed E-state index contributed by atoms with van der Waals surface area (Å²) >= 11 is 1.21. The van der Waals surface area contributed by atoms with Gasteiger partial charge in [0.2, 0.25) is 11.8 Å². The fourth-order valence-corrected chi connectivity index (χ4v) is 3.02. The highest BCUT2D eigenvalue weighted by Crippen LogP contribution is 2.35. The molecule has 0 saturated heterocycles. The molecule has 9 heteroatoms. The summed E-state index contributed by atoms with van der Waals surface area (Å²) < 4.78 is 38.0. The van der Waals surface area contributed by atoms with E-state index in [1.54, 1.807) is 30.3 Å². The largest absolute Gasteiger partial charge is 0.419 e. The van der Waals surface area contributed by atoms with Gasteiger partial charge in [-0.15, -0.1) is 20.4 Å². The first-order valence-corrected chi connectivity index (χ1v) is 8.82. The number of hydrogen-bond acceptors (Lipinski definition) is 7. The molecular weight excluding hydrogens is 374 g/mol. The Labute approximate surface area is 156 Å². The summed E-state index contributed by atoms with van der Waals surface area (Å²) in [6.07, 6.45) is 0. The summed E-state index contributed by atoms with van der Waals surface area (Å²) in [4.78, 5) is 0. The maximum absolute atomic E-state index is 13.8. The summed E-state index contributed by atoms with van der Waals surface area (Å²) in [7, 11) is 0. The van der Waals surface area contributed by atoms with Crippen LogP contribution >= 0.6 is 11.8 Å². The summed E-state index contributed by atoms with van der Waals surface area (Å²) in [5.74, 6) is -0.0450. The smallest absolute Gasteiger partial charge is 0.277 e.